The van der Waals surface area contributed by atoms with Crippen molar-refractivity contribution in [3.63, 3.8) is 0 Å². The van der Waals surface area contributed by atoms with Gasteiger partial charge in [0.15, 0.2) is 0 Å². The van der Waals surface area contributed by atoms with E-state index in [1.54, 1.807) is 18.2 Å². The minimum atomic E-state index is -0.479. The molecule has 0 bridgehead atoms. The van der Waals surface area contributed by atoms with Crippen LogP contribution in [0.4, 0.5) is 0 Å². The van der Waals surface area contributed by atoms with E-state index in [0.717, 1.165) is 11.8 Å². The molecule has 0 spiro atoms. The summed E-state index contributed by atoms with van der Waals surface area (Å²) in [5.74, 6) is -0.479. The van der Waals surface area contributed by atoms with Gasteiger partial charge in [0.25, 0.3) is 0 Å². The molecule has 0 radical (unpaired) electrons. The van der Waals surface area contributed by atoms with Crippen molar-refractivity contribution in [2.45, 2.75) is 6.42 Å². The summed E-state index contributed by atoms with van der Waals surface area (Å²) in [4.78, 5) is 21.4. The Morgan fingerprint density at radius 2 is 2.29 bits per heavy atom. The normalized spacial score (nSPS) is 9.57. The van der Waals surface area contributed by atoms with Crippen LogP contribution in [0.2, 0.25) is 5.02 Å². The highest BCUT2D eigenvalue weighted by molar-refractivity contribution is 6.33. The van der Waals surface area contributed by atoms with Gasteiger partial charge in [-0.15, -0.1) is 0 Å². The van der Waals surface area contributed by atoms with E-state index >= 15 is 0 Å². The molecule has 3 nitrogen and oxygen atoms in total. The number of aldehydes is 1. The molecule has 0 aromatic heterocycles. The molecular weight excluding hydrogens is 204 g/mol. The van der Waals surface area contributed by atoms with Crippen LogP contribution in [0.15, 0.2) is 18.2 Å². The highest BCUT2D eigenvalue weighted by Crippen LogP contribution is 2.18. The first-order valence-corrected chi connectivity index (χ1v) is 4.37. The van der Waals surface area contributed by atoms with Crippen LogP contribution in [0.3, 0.4) is 0 Å². The van der Waals surface area contributed by atoms with Crippen LogP contribution in [0, 0.1) is 0 Å². The molecule has 0 heterocycles. The zero-order valence-electron chi connectivity index (χ0n) is 7.62. The van der Waals surface area contributed by atoms with Crippen molar-refractivity contribution in [2.24, 2.45) is 0 Å². The number of ether oxygens (including phenoxy) is 1. The fraction of sp³-hybridized carbons (Fsp3) is 0.200. The predicted octanol–water partition coefficient (Wildman–Crippen LogP) is 1.87. The topological polar surface area (TPSA) is 43.4 Å². The molecule has 0 saturated heterocycles. The lowest BCUT2D eigenvalue weighted by atomic mass is 10.1. The van der Waals surface area contributed by atoms with E-state index in [1.807, 2.05) is 0 Å². The maximum absolute atomic E-state index is 11.1. The second-order valence-corrected chi connectivity index (χ2v) is 3.08. The maximum atomic E-state index is 11.1. The van der Waals surface area contributed by atoms with Crippen molar-refractivity contribution >= 4 is 23.9 Å². The van der Waals surface area contributed by atoms with Gasteiger partial charge in [0.05, 0.1) is 17.7 Å². The summed E-state index contributed by atoms with van der Waals surface area (Å²) in [6, 6.07) is 4.81. The predicted molar refractivity (Wildman–Crippen MR) is 52.6 cm³/mol. The lowest BCUT2D eigenvalue weighted by Crippen LogP contribution is -2.02. The van der Waals surface area contributed by atoms with Gasteiger partial charge in [-0.25, -0.2) is 4.79 Å². The van der Waals surface area contributed by atoms with Crippen LogP contribution in [0.25, 0.3) is 0 Å². The average molecular weight is 213 g/mol. The maximum Gasteiger partial charge on any atom is 0.339 e. The van der Waals surface area contributed by atoms with Crippen LogP contribution in [-0.4, -0.2) is 19.4 Å². The summed E-state index contributed by atoms with van der Waals surface area (Å²) < 4.78 is 4.52. The third-order valence-corrected chi connectivity index (χ3v) is 2.07. The number of hydrogen-bond donors (Lipinski definition) is 0. The molecule has 0 amide bonds. The van der Waals surface area contributed by atoms with E-state index in [-0.39, 0.29) is 0 Å². The lowest BCUT2D eigenvalue weighted by molar-refractivity contribution is -0.107. The van der Waals surface area contributed by atoms with E-state index in [2.05, 4.69) is 4.74 Å². The first-order valence-electron chi connectivity index (χ1n) is 3.99. The van der Waals surface area contributed by atoms with Gasteiger partial charge in [-0.05, 0) is 17.7 Å². The molecule has 0 aliphatic rings. The minimum absolute atomic E-state index is 0.293. The van der Waals surface area contributed by atoms with Crippen LogP contribution >= 0.6 is 11.6 Å². The Kier molecular flexibility index (Phi) is 3.65. The van der Waals surface area contributed by atoms with E-state index in [4.69, 9.17) is 11.6 Å². The highest BCUT2D eigenvalue weighted by atomic mass is 35.5. The van der Waals surface area contributed by atoms with Crippen molar-refractivity contribution in [3.05, 3.63) is 34.3 Å². The number of benzene rings is 1. The number of carbonyl (C=O) groups is 2. The second kappa shape index (κ2) is 4.77. The van der Waals surface area contributed by atoms with Crippen molar-refractivity contribution in [3.8, 4) is 0 Å². The Morgan fingerprint density at radius 1 is 1.57 bits per heavy atom. The van der Waals surface area contributed by atoms with Crippen molar-refractivity contribution in [1.29, 1.82) is 0 Å². The molecule has 0 N–H and O–H groups in total. The zero-order chi connectivity index (χ0) is 10.6. The molecule has 1 rings (SSSR count). The molecule has 0 aliphatic carbocycles. The van der Waals surface area contributed by atoms with Gasteiger partial charge in [0, 0.05) is 6.42 Å². The van der Waals surface area contributed by atoms with Gasteiger partial charge in [-0.3, -0.25) is 0 Å². The number of esters is 1. The summed E-state index contributed by atoms with van der Waals surface area (Å²) in [6.45, 7) is 0. The Hall–Kier alpha value is -1.35. The average Bonchev–Trinajstić information content (AvgIpc) is 2.17. The van der Waals surface area contributed by atoms with Gasteiger partial charge in [0.2, 0.25) is 0 Å². The molecule has 1 aromatic carbocycles. The van der Waals surface area contributed by atoms with Crippen molar-refractivity contribution < 1.29 is 14.3 Å². The van der Waals surface area contributed by atoms with Crippen LogP contribution < -0.4 is 0 Å². The van der Waals surface area contributed by atoms with E-state index in [9.17, 15) is 9.59 Å². The second-order valence-electron chi connectivity index (χ2n) is 2.68. The smallest absolute Gasteiger partial charge is 0.339 e. The van der Waals surface area contributed by atoms with E-state index in [0.29, 0.717) is 17.0 Å². The molecule has 0 atom stereocenters. The Labute approximate surface area is 86.6 Å². The molecule has 1 aromatic rings. The summed E-state index contributed by atoms with van der Waals surface area (Å²) in [7, 11) is 1.29. The summed E-state index contributed by atoms with van der Waals surface area (Å²) in [5, 5.41) is 0.302. The first-order chi connectivity index (χ1) is 6.69. The molecule has 0 saturated carbocycles. The van der Waals surface area contributed by atoms with Gasteiger partial charge < -0.3 is 9.53 Å². The van der Waals surface area contributed by atoms with Crippen molar-refractivity contribution in [1.82, 2.24) is 0 Å². The molecule has 4 heteroatoms. The summed E-state index contributed by atoms with van der Waals surface area (Å²) in [5.41, 5.74) is 1.08. The van der Waals surface area contributed by atoms with Gasteiger partial charge in [-0.2, -0.15) is 0 Å². The number of halogens is 1. The molecule has 74 valence electrons. The molecular formula is C10H9ClO3. The van der Waals surface area contributed by atoms with Crippen LogP contribution in [-0.2, 0) is 16.0 Å². The molecule has 0 fully saturated rings. The summed E-state index contributed by atoms with van der Waals surface area (Å²) >= 11 is 5.82. The minimum Gasteiger partial charge on any atom is -0.465 e. The lowest BCUT2D eigenvalue weighted by Gasteiger charge is -2.03. The fourth-order valence-electron chi connectivity index (χ4n) is 1.06. The van der Waals surface area contributed by atoms with Gasteiger partial charge in [-0.1, -0.05) is 17.7 Å². The number of methoxy groups -OCH3 is 1. The van der Waals surface area contributed by atoms with Gasteiger partial charge >= 0.3 is 5.97 Å². The quantitative estimate of drug-likeness (QED) is 0.568. The fourth-order valence-corrected chi connectivity index (χ4v) is 1.34. The van der Waals surface area contributed by atoms with Crippen LogP contribution in [0.5, 0.6) is 0 Å². The number of hydrogen-bond acceptors (Lipinski definition) is 3. The monoisotopic (exact) mass is 212 g/mol. The third-order valence-electron chi connectivity index (χ3n) is 1.76. The first kappa shape index (κ1) is 10.7. The largest absolute Gasteiger partial charge is 0.465 e. The van der Waals surface area contributed by atoms with E-state index < -0.39 is 5.97 Å². The van der Waals surface area contributed by atoms with Crippen molar-refractivity contribution in [2.75, 3.05) is 7.11 Å². The van der Waals surface area contributed by atoms with Crippen LogP contribution in [0.1, 0.15) is 15.9 Å². The third kappa shape index (κ3) is 2.33. The number of rotatable bonds is 3. The van der Waals surface area contributed by atoms with E-state index in [1.165, 1.54) is 7.11 Å². The highest BCUT2D eigenvalue weighted by Gasteiger charge is 2.10. The molecule has 0 aliphatic heterocycles. The Bertz CT molecular complexity index is 360. The summed E-state index contributed by atoms with van der Waals surface area (Å²) in [6.07, 6.45) is 1.07. The zero-order valence-corrected chi connectivity index (χ0v) is 8.38. The number of carbonyl (C=O) groups excluding carboxylic acids is 2. The standard InChI is InChI=1S/C10H9ClO3/c1-14-10(13)8-3-2-7(4-5-12)6-9(8)11/h2-3,5-6H,4H2,1H3. The molecule has 0 unspecified atom stereocenters. The Balaban J connectivity index is 3.00. The SMILES string of the molecule is COC(=O)c1ccc(CC=O)cc1Cl. The Morgan fingerprint density at radius 3 is 2.79 bits per heavy atom. The van der Waals surface area contributed by atoms with Gasteiger partial charge in [0.1, 0.15) is 6.29 Å². The molecule has 14 heavy (non-hydrogen) atoms.